The van der Waals surface area contributed by atoms with E-state index in [1.165, 1.54) is 0 Å². The van der Waals surface area contributed by atoms with Gasteiger partial charge in [0, 0.05) is 25.4 Å². The second kappa shape index (κ2) is 5.87. The molecule has 1 saturated carbocycles. The molecule has 0 bridgehead atoms. The quantitative estimate of drug-likeness (QED) is 0.852. The molecule has 1 N–H and O–H groups in total. The second-order valence-electron chi connectivity index (χ2n) is 5.69. The first kappa shape index (κ1) is 14.3. The van der Waals surface area contributed by atoms with Gasteiger partial charge in [-0.1, -0.05) is 26.0 Å². The van der Waals surface area contributed by atoms with Gasteiger partial charge in [0.25, 0.3) is 5.92 Å². The molecule has 0 unspecified atom stereocenters. The molecule has 2 nitrogen and oxygen atoms in total. The van der Waals surface area contributed by atoms with Crippen LogP contribution in [0.4, 0.5) is 8.78 Å². The van der Waals surface area contributed by atoms with E-state index in [9.17, 15) is 8.78 Å². The zero-order valence-electron chi connectivity index (χ0n) is 11.5. The van der Waals surface area contributed by atoms with Gasteiger partial charge in [0.05, 0.1) is 6.61 Å². The Morgan fingerprint density at radius 2 is 2.11 bits per heavy atom. The van der Waals surface area contributed by atoms with Gasteiger partial charge in [-0.25, -0.2) is 8.78 Å². The Kier molecular flexibility index (Phi) is 4.40. The normalized spacial score (nSPS) is 18.4. The maximum absolute atomic E-state index is 12.7. The monoisotopic (exact) mass is 269 g/mol. The Bertz CT molecular complexity index is 412. The third kappa shape index (κ3) is 4.46. The SMILES string of the molecule is CC(C)COc1cccc(CNC2CC(F)(F)C2)c1. The van der Waals surface area contributed by atoms with Crippen LogP contribution in [-0.4, -0.2) is 18.6 Å². The van der Waals surface area contributed by atoms with E-state index < -0.39 is 5.92 Å². The molecule has 1 aromatic rings. The summed E-state index contributed by atoms with van der Waals surface area (Å²) in [5.74, 6) is -1.13. The molecule has 0 radical (unpaired) electrons. The molecule has 4 heteroatoms. The van der Waals surface area contributed by atoms with Crippen molar-refractivity contribution < 1.29 is 13.5 Å². The van der Waals surface area contributed by atoms with E-state index in [2.05, 4.69) is 19.2 Å². The molecule has 0 atom stereocenters. The van der Waals surface area contributed by atoms with Crippen LogP contribution in [-0.2, 0) is 6.54 Å². The van der Waals surface area contributed by atoms with Crippen molar-refractivity contribution in [2.45, 2.75) is 45.2 Å². The number of nitrogens with one attached hydrogen (secondary N) is 1. The predicted molar refractivity (Wildman–Crippen MR) is 71.6 cm³/mol. The molecule has 0 spiro atoms. The number of ether oxygens (including phenoxy) is 1. The van der Waals surface area contributed by atoms with Gasteiger partial charge in [-0.05, 0) is 23.6 Å². The number of benzene rings is 1. The smallest absolute Gasteiger partial charge is 0.251 e. The van der Waals surface area contributed by atoms with E-state index in [0.717, 1.165) is 11.3 Å². The van der Waals surface area contributed by atoms with E-state index in [1.54, 1.807) is 0 Å². The fourth-order valence-corrected chi connectivity index (χ4v) is 2.08. The van der Waals surface area contributed by atoms with Crippen molar-refractivity contribution in [2.75, 3.05) is 6.61 Å². The summed E-state index contributed by atoms with van der Waals surface area (Å²) >= 11 is 0. The highest BCUT2D eigenvalue weighted by Crippen LogP contribution is 2.37. The Labute approximate surface area is 113 Å². The fourth-order valence-electron chi connectivity index (χ4n) is 2.08. The van der Waals surface area contributed by atoms with Gasteiger partial charge in [-0.3, -0.25) is 0 Å². The van der Waals surface area contributed by atoms with Crippen LogP contribution in [0.3, 0.4) is 0 Å². The van der Waals surface area contributed by atoms with E-state index >= 15 is 0 Å². The number of hydrogen-bond donors (Lipinski definition) is 1. The number of alkyl halides is 2. The zero-order valence-corrected chi connectivity index (χ0v) is 11.5. The summed E-state index contributed by atoms with van der Waals surface area (Å²) < 4.78 is 31.0. The molecule has 0 aliphatic heterocycles. The summed E-state index contributed by atoms with van der Waals surface area (Å²) in [4.78, 5) is 0. The largest absolute Gasteiger partial charge is 0.493 e. The first-order chi connectivity index (χ1) is 8.94. The number of halogens is 2. The standard InChI is InChI=1S/C15H21F2NO/c1-11(2)10-19-14-5-3-4-12(6-14)9-18-13-7-15(16,17)8-13/h3-6,11,13,18H,7-10H2,1-2H3. The van der Waals surface area contributed by atoms with Crippen LogP contribution in [0.1, 0.15) is 32.3 Å². The minimum atomic E-state index is -2.46. The molecule has 106 valence electrons. The van der Waals surface area contributed by atoms with Crippen molar-refractivity contribution in [3.8, 4) is 5.75 Å². The van der Waals surface area contributed by atoms with Crippen molar-refractivity contribution in [1.82, 2.24) is 5.32 Å². The van der Waals surface area contributed by atoms with Crippen LogP contribution >= 0.6 is 0 Å². The molecule has 0 amide bonds. The van der Waals surface area contributed by atoms with Gasteiger partial charge in [0.2, 0.25) is 0 Å². The van der Waals surface area contributed by atoms with Crippen LogP contribution in [0.5, 0.6) is 5.75 Å². The Morgan fingerprint density at radius 3 is 2.74 bits per heavy atom. The highest BCUT2D eigenvalue weighted by atomic mass is 19.3. The fraction of sp³-hybridized carbons (Fsp3) is 0.600. The number of rotatable bonds is 6. The van der Waals surface area contributed by atoms with Crippen LogP contribution in [0.2, 0.25) is 0 Å². The molecule has 0 aromatic heterocycles. The van der Waals surface area contributed by atoms with Crippen LogP contribution < -0.4 is 10.1 Å². The molecular weight excluding hydrogens is 248 g/mol. The van der Waals surface area contributed by atoms with Gasteiger partial charge in [-0.15, -0.1) is 0 Å². The minimum Gasteiger partial charge on any atom is -0.493 e. The van der Waals surface area contributed by atoms with Crippen molar-refractivity contribution >= 4 is 0 Å². The Hall–Kier alpha value is -1.16. The molecule has 1 aromatic carbocycles. The molecule has 1 aliphatic rings. The van der Waals surface area contributed by atoms with E-state index in [-0.39, 0.29) is 18.9 Å². The van der Waals surface area contributed by atoms with Gasteiger partial charge in [-0.2, -0.15) is 0 Å². The van der Waals surface area contributed by atoms with E-state index in [4.69, 9.17) is 4.74 Å². The summed E-state index contributed by atoms with van der Waals surface area (Å²) in [5, 5.41) is 3.15. The highest BCUT2D eigenvalue weighted by Gasteiger charge is 2.44. The predicted octanol–water partition coefficient (Wildman–Crippen LogP) is 3.61. The maximum Gasteiger partial charge on any atom is 0.251 e. The average molecular weight is 269 g/mol. The lowest BCUT2D eigenvalue weighted by molar-refractivity contribution is -0.0930. The van der Waals surface area contributed by atoms with Crippen molar-refractivity contribution in [1.29, 1.82) is 0 Å². The molecular formula is C15H21F2NO. The first-order valence-corrected chi connectivity index (χ1v) is 6.77. The summed E-state index contributed by atoms with van der Waals surface area (Å²) in [5.41, 5.74) is 1.07. The maximum atomic E-state index is 12.7. The Balaban J connectivity index is 1.79. The molecule has 1 aliphatic carbocycles. The highest BCUT2D eigenvalue weighted by molar-refractivity contribution is 5.28. The molecule has 0 saturated heterocycles. The summed E-state index contributed by atoms with van der Waals surface area (Å²) in [6.07, 6.45) is -0.0902. The summed E-state index contributed by atoms with van der Waals surface area (Å²) in [7, 11) is 0. The average Bonchev–Trinajstić information content (AvgIpc) is 2.32. The summed E-state index contributed by atoms with van der Waals surface area (Å²) in [6, 6.07) is 7.74. The number of hydrogen-bond acceptors (Lipinski definition) is 2. The first-order valence-electron chi connectivity index (χ1n) is 6.77. The van der Waals surface area contributed by atoms with Crippen LogP contribution in [0.15, 0.2) is 24.3 Å². The van der Waals surface area contributed by atoms with Crippen molar-refractivity contribution in [3.63, 3.8) is 0 Å². The van der Waals surface area contributed by atoms with E-state index in [1.807, 2.05) is 24.3 Å². The van der Waals surface area contributed by atoms with Crippen molar-refractivity contribution in [3.05, 3.63) is 29.8 Å². The Morgan fingerprint density at radius 1 is 1.37 bits per heavy atom. The lowest BCUT2D eigenvalue weighted by atomic mass is 9.88. The molecule has 2 rings (SSSR count). The van der Waals surface area contributed by atoms with Gasteiger partial charge in [0.15, 0.2) is 0 Å². The molecule has 1 fully saturated rings. The zero-order chi connectivity index (χ0) is 13.9. The minimum absolute atomic E-state index is 0.0451. The van der Waals surface area contributed by atoms with Crippen LogP contribution in [0.25, 0.3) is 0 Å². The van der Waals surface area contributed by atoms with Gasteiger partial charge >= 0.3 is 0 Å². The van der Waals surface area contributed by atoms with Crippen LogP contribution in [0, 0.1) is 5.92 Å². The molecule has 0 heterocycles. The summed E-state index contributed by atoms with van der Waals surface area (Å²) in [6.45, 7) is 5.50. The van der Waals surface area contributed by atoms with Gasteiger partial charge < -0.3 is 10.1 Å². The topological polar surface area (TPSA) is 21.3 Å². The third-order valence-corrected chi connectivity index (χ3v) is 3.17. The lowest BCUT2D eigenvalue weighted by Gasteiger charge is -2.35. The lowest BCUT2D eigenvalue weighted by Crippen LogP contribution is -2.48. The second-order valence-corrected chi connectivity index (χ2v) is 5.69. The van der Waals surface area contributed by atoms with E-state index in [0.29, 0.717) is 19.1 Å². The molecule has 19 heavy (non-hydrogen) atoms. The van der Waals surface area contributed by atoms with Crippen molar-refractivity contribution in [2.24, 2.45) is 5.92 Å². The third-order valence-electron chi connectivity index (χ3n) is 3.17. The van der Waals surface area contributed by atoms with Gasteiger partial charge in [0.1, 0.15) is 5.75 Å².